The van der Waals surface area contributed by atoms with Crippen molar-refractivity contribution in [3.05, 3.63) is 60.2 Å². The molecule has 0 radical (unpaired) electrons. The lowest BCUT2D eigenvalue weighted by atomic mass is 10.2. The predicted molar refractivity (Wildman–Crippen MR) is 89.9 cm³/mol. The van der Waals surface area contributed by atoms with Crippen LogP contribution in [0.3, 0.4) is 0 Å². The highest BCUT2D eigenvalue weighted by Gasteiger charge is 2.05. The third kappa shape index (κ3) is 6.35. The van der Waals surface area contributed by atoms with Gasteiger partial charge in [-0.25, -0.2) is 0 Å². The van der Waals surface area contributed by atoms with E-state index in [2.05, 4.69) is 5.32 Å². The zero-order valence-electron chi connectivity index (χ0n) is 12.6. The Morgan fingerprint density at radius 1 is 1.00 bits per heavy atom. The van der Waals surface area contributed by atoms with Crippen molar-refractivity contribution >= 4 is 12.4 Å². The smallest absolute Gasteiger partial charge is 0.119 e. The van der Waals surface area contributed by atoms with Gasteiger partial charge < -0.3 is 19.9 Å². The van der Waals surface area contributed by atoms with Crippen LogP contribution in [0.4, 0.5) is 0 Å². The van der Waals surface area contributed by atoms with E-state index in [4.69, 9.17) is 9.47 Å². The van der Waals surface area contributed by atoms with Crippen molar-refractivity contribution in [2.24, 2.45) is 0 Å². The molecular formula is C17H22ClNO3. The Kier molecular flexibility index (Phi) is 8.36. The summed E-state index contributed by atoms with van der Waals surface area (Å²) in [5.41, 5.74) is 1.20. The van der Waals surface area contributed by atoms with Gasteiger partial charge in [0.1, 0.15) is 24.2 Å². The molecule has 0 aliphatic heterocycles. The van der Waals surface area contributed by atoms with Gasteiger partial charge in [0.05, 0.1) is 7.11 Å². The molecule has 0 bridgehead atoms. The van der Waals surface area contributed by atoms with Gasteiger partial charge >= 0.3 is 0 Å². The molecule has 0 unspecified atom stereocenters. The molecule has 0 amide bonds. The van der Waals surface area contributed by atoms with E-state index in [0.29, 0.717) is 6.54 Å². The number of rotatable bonds is 8. The van der Waals surface area contributed by atoms with Crippen molar-refractivity contribution < 1.29 is 14.6 Å². The number of hydrogen-bond acceptors (Lipinski definition) is 4. The minimum atomic E-state index is -0.546. The van der Waals surface area contributed by atoms with Gasteiger partial charge in [0.25, 0.3) is 0 Å². The minimum Gasteiger partial charge on any atom is -0.497 e. The van der Waals surface area contributed by atoms with E-state index in [1.54, 1.807) is 7.11 Å². The third-order valence-electron chi connectivity index (χ3n) is 3.05. The zero-order valence-corrected chi connectivity index (χ0v) is 13.4. The Morgan fingerprint density at radius 2 is 1.64 bits per heavy atom. The fraction of sp³-hybridized carbons (Fsp3) is 0.294. The maximum absolute atomic E-state index is 9.88. The maximum atomic E-state index is 9.88. The molecule has 0 fully saturated rings. The van der Waals surface area contributed by atoms with Gasteiger partial charge in [-0.1, -0.05) is 30.3 Å². The molecule has 5 heteroatoms. The van der Waals surface area contributed by atoms with Crippen molar-refractivity contribution in [1.82, 2.24) is 5.32 Å². The monoisotopic (exact) mass is 323 g/mol. The molecule has 2 aromatic carbocycles. The first-order valence-electron chi connectivity index (χ1n) is 6.97. The summed E-state index contributed by atoms with van der Waals surface area (Å²) in [6.07, 6.45) is -0.546. The summed E-state index contributed by atoms with van der Waals surface area (Å²) in [7, 11) is 1.62. The molecule has 0 aromatic heterocycles. The van der Waals surface area contributed by atoms with Crippen molar-refractivity contribution in [2.45, 2.75) is 12.6 Å². The van der Waals surface area contributed by atoms with Crippen LogP contribution in [-0.2, 0) is 6.54 Å². The summed E-state index contributed by atoms with van der Waals surface area (Å²) in [6.45, 7) is 1.49. The van der Waals surface area contributed by atoms with Gasteiger partial charge in [0.2, 0.25) is 0 Å². The van der Waals surface area contributed by atoms with Crippen LogP contribution in [0.5, 0.6) is 11.5 Å². The van der Waals surface area contributed by atoms with Crippen molar-refractivity contribution in [3.63, 3.8) is 0 Å². The number of aliphatic hydroxyl groups excluding tert-OH is 1. The number of ether oxygens (including phenoxy) is 2. The standard InChI is InChI=1S/C17H21NO3.ClH/c1-20-16-7-9-17(10-8-16)21-13-15(19)12-18-11-14-5-3-2-4-6-14;/h2-10,15,18-19H,11-13H2,1H3;1H/t15-;/m0./s1. The zero-order chi connectivity index (χ0) is 14.9. The molecule has 0 saturated carbocycles. The molecule has 0 aliphatic carbocycles. The van der Waals surface area contributed by atoms with E-state index >= 15 is 0 Å². The quantitative estimate of drug-likeness (QED) is 0.784. The van der Waals surface area contributed by atoms with Crippen LogP contribution < -0.4 is 14.8 Å². The fourth-order valence-electron chi connectivity index (χ4n) is 1.90. The SMILES string of the molecule is COc1ccc(OC[C@@H](O)CNCc2ccccc2)cc1.Cl. The van der Waals surface area contributed by atoms with Crippen LogP contribution in [0.2, 0.25) is 0 Å². The average molecular weight is 324 g/mol. The highest BCUT2D eigenvalue weighted by molar-refractivity contribution is 5.85. The molecule has 0 aliphatic rings. The second kappa shape index (κ2) is 10.1. The molecule has 22 heavy (non-hydrogen) atoms. The summed E-state index contributed by atoms with van der Waals surface area (Å²) in [6, 6.07) is 17.4. The normalized spacial score (nSPS) is 11.4. The Balaban J connectivity index is 0.00000242. The molecule has 0 saturated heterocycles. The van der Waals surface area contributed by atoms with Crippen molar-refractivity contribution in [3.8, 4) is 11.5 Å². The van der Waals surface area contributed by atoms with E-state index < -0.39 is 6.10 Å². The summed E-state index contributed by atoms with van der Waals surface area (Å²) in [5, 5.41) is 13.1. The predicted octanol–water partition coefficient (Wildman–Crippen LogP) is 2.65. The first kappa shape index (κ1) is 18.3. The fourth-order valence-corrected chi connectivity index (χ4v) is 1.90. The van der Waals surface area contributed by atoms with Gasteiger partial charge in [-0.2, -0.15) is 0 Å². The highest BCUT2D eigenvalue weighted by atomic mass is 35.5. The van der Waals surface area contributed by atoms with Crippen LogP contribution in [0.1, 0.15) is 5.56 Å². The number of benzene rings is 2. The summed E-state index contributed by atoms with van der Waals surface area (Å²) < 4.78 is 10.6. The first-order chi connectivity index (χ1) is 10.3. The van der Waals surface area contributed by atoms with Crippen LogP contribution in [0, 0.1) is 0 Å². The number of hydrogen-bond donors (Lipinski definition) is 2. The van der Waals surface area contributed by atoms with Gasteiger partial charge in [-0.3, -0.25) is 0 Å². The molecule has 2 rings (SSSR count). The second-order valence-corrected chi connectivity index (χ2v) is 4.76. The topological polar surface area (TPSA) is 50.7 Å². The summed E-state index contributed by atoms with van der Waals surface area (Å²) >= 11 is 0. The maximum Gasteiger partial charge on any atom is 0.119 e. The molecule has 0 spiro atoms. The first-order valence-corrected chi connectivity index (χ1v) is 6.97. The van der Waals surface area contributed by atoms with E-state index in [1.807, 2.05) is 54.6 Å². The summed E-state index contributed by atoms with van der Waals surface area (Å²) in [5.74, 6) is 1.50. The molecule has 1 atom stereocenters. The lowest BCUT2D eigenvalue weighted by molar-refractivity contribution is 0.106. The molecule has 4 nitrogen and oxygen atoms in total. The summed E-state index contributed by atoms with van der Waals surface area (Å²) in [4.78, 5) is 0. The van der Waals surface area contributed by atoms with Gasteiger partial charge in [-0.15, -0.1) is 12.4 Å². The van der Waals surface area contributed by atoms with E-state index in [9.17, 15) is 5.11 Å². The van der Waals surface area contributed by atoms with Crippen molar-refractivity contribution in [2.75, 3.05) is 20.3 Å². The second-order valence-electron chi connectivity index (χ2n) is 4.76. The lowest BCUT2D eigenvalue weighted by Crippen LogP contribution is -2.31. The molecule has 2 N–H and O–H groups in total. The van der Waals surface area contributed by atoms with Crippen LogP contribution in [0.25, 0.3) is 0 Å². The van der Waals surface area contributed by atoms with Crippen LogP contribution in [0.15, 0.2) is 54.6 Å². The third-order valence-corrected chi connectivity index (χ3v) is 3.05. The van der Waals surface area contributed by atoms with E-state index in [-0.39, 0.29) is 19.0 Å². The molecule has 2 aromatic rings. The molecule has 0 heterocycles. The number of halogens is 1. The Morgan fingerprint density at radius 3 is 2.27 bits per heavy atom. The van der Waals surface area contributed by atoms with Crippen molar-refractivity contribution in [1.29, 1.82) is 0 Å². The van der Waals surface area contributed by atoms with E-state index in [1.165, 1.54) is 5.56 Å². The minimum absolute atomic E-state index is 0. The number of nitrogens with one attached hydrogen (secondary N) is 1. The Hall–Kier alpha value is -1.75. The van der Waals surface area contributed by atoms with Crippen LogP contribution >= 0.6 is 12.4 Å². The van der Waals surface area contributed by atoms with Crippen LogP contribution in [-0.4, -0.2) is 31.5 Å². The number of methoxy groups -OCH3 is 1. The highest BCUT2D eigenvalue weighted by Crippen LogP contribution is 2.16. The average Bonchev–Trinajstić information content (AvgIpc) is 2.54. The number of aliphatic hydroxyl groups is 1. The van der Waals surface area contributed by atoms with Gasteiger partial charge in [0, 0.05) is 13.1 Å². The van der Waals surface area contributed by atoms with Gasteiger partial charge in [-0.05, 0) is 29.8 Å². The Bertz CT molecular complexity index is 519. The van der Waals surface area contributed by atoms with Gasteiger partial charge in [0.15, 0.2) is 0 Å². The Labute approximate surface area is 137 Å². The lowest BCUT2D eigenvalue weighted by Gasteiger charge is -2.13. The van der Waals surface area contributed by atoms with E-state index in [0.717, 1.165) is 18.0 Å². The molecule has 120 valence electrons. The molecular weight excluding hydrogens is 302 g/mol. The largest absolute Gasteiger partial charge is 0.497 e.